The van der Waals surface area contributed by atoms with E-state index in [4.69, 9.17) is 0 Å². The lowest BCUT2D eigenvalue weighted by Crippen LogP contribution is -2.48. The molecule has 0 unspecified atom stereocenters. The average molecular weight is 324 g/mol. The molecule has 1 saturated carbocycles. The van der Waals surface area contributed by atoms with Gasteiger partial charge in [-0.25, -0.2) is 4.98 Å². The van der Waals surface area contributed by atoms with E-state index in [1.54, 1.807) is 11.3 Å². The van der Waals surface area contributed by atoms with Gasteiger partial charge in [0.1, 0.15) is 0 Å². The third kappa shape index (κ3) is 4.21. The molecule has 1 aliphatic carbocycles. The molecule has 4 nitrogen and oxygen atoms in total. The molecule has 0 amide bonds. The molecule has 5 heteroatoms. The maximum Gasteiger partial charge on any atom is 0.185 e. The molecule has 1 aliphatic heterocycles. The fraction of sp³-hybridized carbons (Fsp3) is 0.824. The van der Waals surface area contributed by atoms with Crippen molar-refractivity contribution in [3.05, 3.63) is 11.1 Å². The molecule has 3 rings (SSSR count). The highest BCUT2D eigenvalue weighted by Crippen LogP contribution is 2.27. The molecule has 124 valence electrons. The molecule has 2 N–H and O–H groups in total. The Morgan fingerprint density at radius 2 is 1.95 bits per heavy atom. The fourth-order valence-electron chi connectivity index (χ4n) is 3.66. The smallest absolute Gasteiger partial charge is 0.185 e. The van der Waals surface area contributed by atoms with E-state index in [2.05, 4.69) is 27.5 Å². The number of piperidine rings is 1. The lowest BCUT2D eigenvalue weighted by Gasteiger charge is -2.35. The van der Waals surface area contributed by atoms with Crippen molar-refractivity contribution in [2.45, 2.75) is 69.9 Å². The SMILES string of the molecule is Cc1csc(N2CCC(NCC3(O)CCCCCC3)CC2)n1. The largest absolute Gasteiger partial charge is 0.389 e. The zero-order valence-electron chi connectivity index (χ0n) is 13.7. The van der Waals surface area contributed by atoms with E-state index in [-0.39, 0.29) is 0 Å². The summed E-state index contributed by atoms with van der Waals surface area (Å²) in [6.07, 6.45) is 9.17. The van der Waals surface area contributed by atoms with Crippen molar-refractivity contribution in [1.29, 1.82) is 0 Å². The first kappa shape index (κ1) is 16.2. The Bertz CT molecular complexity index is 460. The first-order valence-corrected chi connectivity index (χ1v) is 9.65. The van der Waals surface area contributed by atoms with Crippen LogP contribution in [0.15, 0.2) is 5.38 Å². The number of nitrogens with zero attached hydrogens (tertiary/aromatic N) is 2. The summed E-state index contributed by atoms with van der Waals surface area (Å²) >= 11 is 1.75. The van der Waals surface area contributed by atoms with Crippen LogP contribution in [0.1, 0.15) is 57.1 Å². The van der Waals surface area contributed by atoms with Crippen LogP contribution >= 0.6 is 11.3 Å². The zero-order valence-corrected chi connectivity index (χ0v) is 14.5. The zero-order chi connectivity index (χ0) is 15.4. The monoisotopic (exact) mass is 323 g/mol. The number of anilines is 1. The van der Waals surface area contributed by atoms with Crippen LogP contribution in [0.25, 0.3) is 0 Å². The minimum atomic E-state index is -0.458. The first-order valence-electron chi connectivity index (χ1n) is 8.77. The van der Waals surface area contributed by atoms with Crippen molar-refractivity contribution < 1.29 is 5.11 Å². The molecule has 2 heterocycles. The van der Waals surface area contributed by atoms with Gasteiger partial charge in [-0.3, -0.25) is 0 Å². The van der Waals surface area contributed by atoms with Crippen LogP contribution in [0.4, 0.5) is 5.13 Å². The van der Waals surface area contributed by atoms with E-state index in [9.17, 15) is 5.11 Å². The molecular formula is C17H29N3OS. The Labute approximate surface area is 137 Å². The molecule has 1 aromatic rings. The normalized spacial score (nSPS) is 23.5. The Morgan fingerprint density at radius 1 is 1.27 bits per heavy atom. The highest BCUT2D eigenvalue weighted by molar-refractivity contribution is 7.13. The number of hydrogen-bond acceptors (Lipinski definition) is 5. The van der Waals surface area contributed by atoms with Gasteiger partial charge in [0.25, 0.3) is 0 Å². The molecule has 0 atom stereocenters. The summed E-state index contributed by atoms with van der Waals surface area (Å²) in [5.74, 6) is 0. The van der Waals surface area contributed by atoms with Gasteiger partial charge in [-0.2, -0.15) is 0 Å². The number of hydrogen-bond donors (Lipinski definition) is 2. The van der Waals surface area contributed by atoms with Crippen LogP contribution in [0.5, 0.6) is 0 Å². The predicted octanol–water partition coefficient (Wildman–Crippen LogP) is 3.10. The second kappa shape index (κ2) is 7.28. The Morgan fingerprint density at radius 3 is 2.55 bits per heavy atom. The minimum absolute atomic E-state index is 0.458. The average Bonchev–Trinajstić information content (AvgIpc) is 2.84. The lowest BCUT2D eigenvalue weighted by atomic mass is 9.93. The van der Waals surface area contributed by atoms with Gasteiger partial charge in [0, 0.05) is 31.1 Å². The molecule has 0 radical (unpaired) electrons. The highest BCUT2D eigenvalue weighted by Gasteiger charge is 2.29. The van der Waals surface area contributed by atoms with Crippen LogP contribution in [-0.4, -0.2) is 41.4 Å². The first-order chi connectivity index (χ1) is 10.6. The molecule has 2 aliphatic rings. The van der Waals surface area contributed by atoms with E-state index < -0.39 is 5.60 Å². The molecule has 0 bridgehead atoms. The molecule has 22 heavy (non-hydrogen) atoms. The van der Waals surface area contributed by atoms with E-state index in [1.807, 2.05) is 0 Å². The van der Waals surface area contributed by atoms with Crippen molar-refractivity contribution in [1.82, 2.24) is 10.3 Å². The van der Waals surface area contributed by atoms with Crippen molar-refractivity contribution in [3.8, 4) is 0 Å². The quantitative estimate of drug-likeness (QED) is 0.836. The minimum Gasteiger partial charge on any atom is -0.389 e. The fourth-order valence-corrected chi connectivity index (χ4v) is 4.52. The van der Waals surface area contributed by atoms with Crippen LogP contribution in [0, 0.1) is 6.92 Å². The Kier molecular flexibility index (Phi) is 5.37. The summed E-state index contributed by atoms with van der Waals surface area (Å²) in [4.78, 5) is 6.98. The second-order valence-electron chi connectivity index (χ2n) is 7.05. The Balaban J connectivity index is 1.43. The summed E-state index contributed by atoms with van der Waals surface area (Å²) in [6.45, 7) is 4.97. The van der Waals surface area contributed by atoms with Crippen LogP contribution in [0.3, 0.4) is 0 Å². The van der Waals surface area contributed by atoms with E-state index in [0.717, 1.165) is 51.0 Å². The van der Waals surface area contributed by atoms with Crippen molar-refractivity contribution in [3.63, 3.8) is 0 Å². The van der Waals surface area contributed by atoms with E-state index in [1.165, 1.54) is 30.8 Å². The third-order valence-electron chi connectivity index (χ3n) is 5.13. The summed E-state index contributed by atoms with van der Waals surface area (Å²) in [6, 6.07) is 0.546. The number of thiazole rings is 1. The number of aromatic nitrogens is 1. The molecule has 0 spiro atoms. The number of aryl methyl sites for hydroxylation is 1. The molecule has 2 fully saturated rings. The van der Waals surface area contributed by atoms with Gasteiger partial charge in [0.2, 0.25) is 0 Å². The Hall–Kier alpha value is -0.650. The molecule has 1 saturated heterocycles. The second-order valence-corrected chi connectivity index (χ2v) is 7.89. The van der Waals surface area contributed by atoms with Crippen LogP contribution in [-0.2, 0) is 0 Å². The topological polar surface area (TPSA) is 48.4 Å². The van der Waals surface area contributed by atoms with E-state index >= 15 is 0 Å². The summed E-state index contributed by atoms with van der Waals surface area (Å²) in [5, 5.41) is 17.7. The van der Waals surface area contributed by atoms with Gasteiger partial charge in [0.05, 0.1) is 11.3 Å². The van der Waals surface area contributed by atoms with Gasteiger partial charge >= 0.3 is 0 Å². The van der Waals surface area contributed by atoms with Crippen molar-refractivity contribution in [2.75, 3.05) is 24.5 Å². The maximum absolute atomic E-state index is 10.7. The summed E-state index contributed by atoms with van der Waals surface area (Å²) in [5.41, 5.74) is 0.663. The molecule has 1 aromatic heterocycles. The number of aliphatic hydroxyl groups is 1. The maximum atomic E-state index is 10.7. The molecular weight excluding hydrogens is 294 g/mol. The van der Waals surface area contributed by atoms with Gasteiger partial charge in [-0.1, -0.05) is 25.7 Å². The number of nitrogens with one attached hydrogen (secondary N) is 1. The predicted molar refractivity (Wildman–Crippen MR) is 92.7 cm³/mol. The standard InChI is InChI=1S/C17H29N3OS/c1-14-12-22-16(19-14)20-10-6-15(7-11-20)18-13-17(21)8-4-2-3-5-9-17/h12,15,18,21H,2-11,13H2,1H3. The van der Waals surface area contributed by atoms with Gasteiger partial charge in [0.15, 0.2) is 5.13 Å². The van der Waals surface area contributed by atoms with Gasteiger partial charge < -0.3 is 15.3 Å². The van der Waals surface area contributed by atoms with Gasteiger partial charge in [-0.05, 0) is 32.6 Å². The molecule has 0 aromatic carbocycles. The lowest BCUT2D eigenvalue weighted by molar-refractivity contribution is 0.0220. The van der Waals surface area contributed by atoms with Crippen LogP contribution in [0.2, 0.25) is 0 Å². The third-order valence-corrected chi connectivity index (χ3v) is 6.15. The van der Waals surface area contributed by atoms with Crippen LogP contribution < -0.4 is 10.2 Å². The summed E-state index contributed by atoms with van der Waals surface area (Å²) in [7, 11) is 0. The van der Waals surface area contributed by atoms with Crippen molar-refractivity contribution >= 4 is 16.5 Å². The van der Waals surface area contributed by atoms with E-state index in [0.29, 0.717) is 6.04 Å². The summed E-state index contributed by atoms with van der Waals surface area (Å²) < 4.78 is 0. The van der Waals surface area contributed by atoms with Gasteiger partial charge in [-0.15, -0.1) is 11.3 Å². The number of rotatable bonds is 4. The highest BCUT2D eigenvalue weighted by atomic mass is 32.1. The van der Waals surface area contributed by atoms with Crippen molar-refractivity contribution in [2.24, 2.45) is 0 Å².